The van der Waals surface area contributed by atoms with Gasteiger partial charge in [0.25, 0.3) is 0 Å². The van der Waals surface area contributed by atoms with Crippen molar-refractivity contribution in [1.29, 1.82) is 0 Å². The van der Waals surface area contributed by atoms with Crippen molar-refractivity contribution in [3.8, 4) is 0 Å². The number of alkyl halides is 24. The zero-order chi connectivity index (χ0) is 56.7. The van der Waals surface area contributed by atoms with Gasteiger partial charge in [-0.1, -0.05) is 78.9 Å². The second kappa shape index (κ2) is 20.7. The second-order valence-corrected chi connectivity index (χ2v) is 16.2. The number of nitrogens with zero attached hydrogens (tertiary/aromatic N) is 1. The van der Waals surface area contributed by atoms with E-state index in [1.165, 1.54) is 5.56 Å². The van der Waals surface area contributed by atoms with Gasteiger partial charge in [-0.05, 0) is 31.2 Å². The van der Waals surface area contributed by atoms with Crippen molar-refractivity contribution in [1.82, 2.24) is 0 Å². The topological polar surface area (TPSA) is 30.2 Å². The van der Waals surface area contributed by atoms with Crippen LogP contribution in [0.4, 0.5) is 105 Å². The molecule has 1 heterocycles. The molecule has 0 saturated heterocycles. The van der Waals surface area contributed by atoms with Crippen molar-refractivity contribution in [3.05, 3.63) is 183 Å². The maximum Gasteiger partial charge on any atom is 0.416 e. The third-order valence-corrected chi connectivity index (χ3v) is 11.1. The van der Waals surface area contributed by atoms with E-state index in [4.69, 9.17) is 4.74 Å². The molecular formula is C47H28BF24NO2. The Morgan fingerprint density at radius 1 is 0.387 bits per heavy atom. The lowest BCUT2D eigenvalue weighted by atomic mass is 9.12. The number of carbonyl (C=O) groups is 1. The molecule has 0 bridgehead atoms. The Labute approximate surface area is 405 Å². The van der Waals surface area contributed by atoms with Crippen molar-refractivity contribution in [2.45, 2.75) is 62.9 Å². The van der Waals surface area contributed by atoms with Gasteiger partial charge in [-0.15, -0.1) is 0 Å². The molecule has 6 aromatic rings. The minimum atomic E-state index is -6.13. The highest BCUT2D eigenvalue weighted by Gasteiger charge is 2.47. The molecule has 0 aliphatic heterocycles. The van der Waals surface area contributed by atoms with Crippen LogP contribution in [-0.4, -0.2) is 18.7 Å². The van der Waals surface area contributed by atoms with Crippen LogP contribution in [0.3, 0.4) is 0 Å². The average molecular weight is 1110 g/mol. The first-order valence-electron chi connectivity index (χ1n) is 20.6. The Hall–Kier alpha value is -6.90. The van der Waals surface area contributed by atoms with Crippen LogP contribution >= 0.6 is 0 Å². The fourth-order valence-corrected chi connectivity index (χ4v) is 7.78. The fraction of sp³-hybridized carbons (Fsp3) is 0.234. The van der Waals surface area contributed by atoms with Gasteiger partial charge in [0.2, 0.25) is 0 Å². The van der Waals surface area contributed by atoms with Gasteiger partial charge in [0.1, 0.15) is 6.15 Å². The Balaban J connectivity index is 0.000000483. The number of benzene rings is 5. The van der Waals surface area contributed by atoms with E-state index in [2.05, 4.69) is 12.1 Å². The van der Waals surface area contributed by atoms with Gasteiger partial charge < -0.3 is 4.74 Å². The number of halogens is 24. The largest absolute Gasteiger partial charge is 0.462 e. The van der Waals surface area contributed by atoms with Gasteiger partial charge in [0.05, 0.1) is 56.7 Å². The minimum Gasteiger partial charge on any atom is -0.462 e. The van der Waals surface area contributed by atoms with Crippen molar-refractivity contribution >= 4 is 34.0 Å². The van der Waals surface area contributed by atoms with Crippen molar-refractivity contribution in [2.24, 2.45) is 0 Å². The van der Waals surface area contributed by atoms with Gasteiger partial charge in [-0.2, -0.15) is 127 Å². The fourth-order valence-electron chi connectivity index (χ4n) is 7.78. The lowest BCUT2D eigenvalue weighted by Gasteiger charge is -2.46. The summed E-state index contributed by atoms with van der Waals surface area (Å²) in [6.07, 6.45) is -51.0. The molecule has 0 radical (unpaired) electrons. The van der Waals surface area contributed by atoms with Crippen molar-refractivity contribution < 1.29 is 119 Å². The number of esters is 1. The SMILES string of the molecule is CCOC(=O)c1cc[n+](Cc2ccccc2)cc1.FC(F)(F)c1cc([B-](c2cc(C(F)(F)F)cc(C(F)(F)F)c2)(c2cc(C(F)(F)F)cc(C(F)(F)F)c2)c2cc(C(F)(F)F)cc(C(F)(F)F)c2)cc(C(F)(F)F)c1. The van der Waals surface area contributed by atoms with Gasteiger partial charge >= 0.3 is 55.4 Å². The summed E-state index contributed by atoms with van der Waals surface area (Å²) in [6, 6.07) is 4.93. The molecule has 0 amide bonds. The smallest absolute Gasteiger partial charge is 0.416 e. The zero-order valence-corrected chi connectivity index (χ0v) is 37.0. The van der Waals surface area contributed by atoms with Gasteiger partial charge in [0, 0.05) is 17.7 Å². The van der Waals surface area contributed by atoms with Crippen LogP contribution in [0.2, 0.25) is 0 Å². The highest BCUT2D eigenvalue weighted by molar-refractivity contribution is 7.20. The van der Waals surface area contributed by atoms with Gasteiger partial charge in [-0.3, -0.25) is 0 Å². The highest BCUT2D eigenvalue weighted by atomic mass is 19.4. The summed E-state index contributed by atoms with van der Waals surface area (Å²) in [5.41, 5.74) is -28.4. The molecule has 1 aromatic heterocycles. The predicted octanol–water partition coefficient (Wildman–Crippen LogP) is 13.4. The Bertz CT molecular complexity index is 2550. The predicted molar refractivity (Wildman–Crippen MR) is 218 cm³/mol. The number of rotatable bonds is 8. The minimum absolute atomic E-state index is 0.274. The lowest BCUT2D eigenvalue weighted by molar-refractivity contribution is -0.688. The quantitative estimate of drug-likeness (QED) is 0.0658. The number of hydrogen-bond donors (Lipinski definition) is 0. The maximum absolute atomic E-state index is 14.2. The standard InChI is InChI=1S/C32H12BF24.C15H16NO2/c34-25(35,36)13-1-14(26(37,38)39)6-21(5-13)33(22-7-15(27(40,41)42)2-16(8-22)28(43,44)45,23-9-17(29(46,47)48)3-18(10-23)30(49,50)51)24-11-19(31(52,53)54)4-20(12-24)32(55,56)57;1-2-18-15(17)14-8-10-16(11-9-14)12-13-6-4-3-5-7-13/h1-12H;3-11H,2,12H2,1H3/q-1;+1. The first-order chi connectivity index (χ1) is 34.1. The number of aromatic nitrogens is 1. The molecule has 0 fully saturated rings. The van der Waals surface area contributed by atoms with Gasteiger partial charge in [-0.25, -0.2) is 9.36 Å². The van der Waals surface area contributed by atoms with Crippen LogP contribution < -0.4 is 26.4 Å². The summed E-state index contributed by atoms with van der Waals surface area (Å²) in [7, 11) is 0. The first-order valence-corrected chi connectivity index (χ1v) is 20.6. The molecule has 0 aliphatic carbocycles. The maximum atomic E-state index is 14.2. The molecule has 75 heavy (non-hydrogen) atoms. The summed E-state index contributed by atoms with van der Waals surface area (Å²) >= 11 is 0. The van der Waals surface area contributed by atoms with Crippen molar-refractivity contribution in [2.75, 3.05) is 6.61 Å². The second-order valence-electron chi connectivity index (χ2n) is 16.2. The molecular weight excluding hydrogens is 1080 g/mol. The Morgan fingerprint density at radius 2 is 0.627 bits per heavy atom. The zero-order valence-electron chi connectivity index (χ0n) is 37.0. The molecule has 0 aliphatic rings. The molecule has 404 valence electrons. The number of hydrogen-bond acceptors (Lipinski definition) is 2. The van der Waals surface area contributed by atoms with E-state index in [0.717, 1.165) is 6.54 Å². The van der Waals surface area contributed by atoms with E-state index in [-0.39, 0.29) is 5.97 Å². The Morgan fingerprint density at radius 3 is 0.840 bits per heavy atom. The van der Waals surface area contributed by atoms with Gasteiger partial charge in [0.15, 0.2) is 18.9 Å². The molecule has 5 aromatic carbocycles. The molecule has 0 unspecified atom stereocenters. The molecule has 3 nitrogen and oxygen atoms in total. The summed E-state index contributed by atoms with van der Waals surface area (Å²) in [6.45, 7) is 3.00. The van der Waals surface area contributed by atoms with E-state index in [0.29, 0.717) is 12.2 Å². The van der Waals surface area contributed by atoms with E-state index < -0.39 is 195 Å². The monoisotopic (exact) mass is 1110 g/mol. The normalized spacial score (nSPS) is 13.3. The highest BCUT2D eigenvalue weighted by Crippen LogP contribution is 2.41. The third-order valence-electron chi connectivity index (χ3n) is 11.1. The number of ether oxygens (including phenoxy) is 1. The van der Waals surface area contributed by atoms with Crippen LogP contribution in [0.15, 0.2) is 128 Å². The Kier molecular flexibility index (Phi) is 16.3. The molecule has 28 heteroatoms. The van der Waals surface area contributed by atoms with Crippen LogP contribution in [0.25, 0.3) is 0 Å². The van der Waals surface area contributed by atoms with E-state index >= 15 is 0 Å². The number of pyridine rings is 1. The lowest BCUT2D eigenvalue weighted by Crippen LogP contribution is -2.75. The summed E-state index contributed by atoms with van der Waals surface area (Å²) in [4.78, 5) is 11.5. The number of carbonyl (C=O) groups excluding carboxylic acids is 1. The van der Waals surface area contributed by atoms with Crippen molar-refractivity contribution in [3.63, 3.8) is 0 Å². The van der Waals surface area contributed by atoms with Crippen LogP contribution in [-0.2, 0) is 60.7 Å². The van der Waals surface area contributed by atoms with E-state index in [1.807, 2.05) is 35.2 Å². The average Bonchev–Trinajstić information content (AvgIpc) is 3.27. The molecule has 0 atom stereocenters. The third kappa shape index (κ3) is 14.1. The first kappa shape index (κ1) is 59.0. The summed E-state index contributed by atoms with van der Waals surface area (Å²) < 4.78 is 348. The van der Waals surface area contributed by atoms with Crippen LogP contribution in [0, 0.1) is 0 Å². The molecule has 0 spiro atoms. The van der Waals surface area contributed by atoms with E-state index in [1.54, 1.807) is 19.1 Å². The molecule has 0 saturated carbocycles. The molecule has 6 rings (SSSR count). The van der Waals surface area contributed by atoms with E-state index in [9.17, 15) is 110 Å². The summed E-state index contributed by atoms with van der Waals surface area (Å²) in [5, 5.41) is 0. The van der Waals surface area contributed by atoms with Crippen LogP contribution in [0.1, 0.15) is 67.4 Å². The van der Waals surface area contributed by atoms with Crippen LogP contribution in [0.5, 0.6) is 0 Å². The molecule has 0 N–H and O–H groups in total. The summed E-state index contributed by atoms with van der Waals surface area (Å²) in [5.74, 6) is -0.274.